The highest BCUT2D eigenvalue weighted by molar-refractivity contribution is 5.93. The van der Waals surface area contributed by atoms with Crippen LogP contribution in [0, 0.1) is 0 Å². The number of nitrogens with zero attached hydrogens (tertiary/aromatic N) is 4. The molecule has 25 heavy (non-hydrogen) atoms. The fourth-order valence-electron chi connectivity index (χ4n) is 3.29. The van der Waals surface area contributed by atoms with Crippen LogP contribution in [0.5, 0.6) is 5.75 Å². The van der Waals surface area contributed by atoms with Gasteiger partial charge in [0, 0.05) is 24.0 Å². The third-order valence-electron chi connectivity index (χ3n) is 4.60. The van der Waals surface area contributed by atoms with E-state index < -0.39 is 0 Å². The predicted octanol–water partition coefficient (Wildman–Crippen LogP) is 3.80. The average molecular weight is 337 g/mol. The summed E-state index contributed by atoms with van der Waals surface area (Å²) in [7, 11) is 0. The minimum atomic E-state index is 0.717. The van der Waals surface area contributed by atoms with Crippen molar-refractivity contribution < 1.29 is 4.74 Å². The third-order valence-corrected chi connectivity index (χ3v) is 4.60. The Morgan fingerprint density at radius 3 is 2.88 bits per heavy atom. The number of hydrogen-bond donors (Lipinski definition) is 1. The zero-order valence-corrected chi connectivity index (χ0v) is 14.5. The van der Waals surface area contributed by atoms with Gasteiger partial charge >= 0.3 is 0 Å². The lowest BCUT2D eigenvalue weighted by Gasteiger charge is -2.27. The van der Waals surface area contributed by atoms with Gasteiger partial charge < -0.3 is 9.64 Å². The van der Waals surface area contributed by atoms with Crippen LogP contribution in [0.2, 0.25) is 0 Å². The molecular weight excluding hydrogens is 314 g/mol. The number of nitrogens with one attached hydrogen (secondary N) is 1. The molecule has 3 heterocycles. The van der Waals surface area contributed by atoms with E-state index in [-0.39, 0.29) is 0 Å². The first-order chi connectivity index (χ1) is 12.3. The molecule has 0 spiro atoms. The minimum absolute atomic E-state index is 0.717. The largest absolute Gasteiger partial charge is 0.494 e. The summed E-state index contributed by atoms with van der Waals surface area (Å²) in [6.07, 6.45) is 6.51. The van der Waals surface area contributed by atoms with Crippen LogP contribution in [0.3, 0.4) is 0 Å². The first kappa shape index (κ1) is 15.9. The standard InChI is InChI=1S/C19H23N5O/c1-2-10-25-15-6-7-17-16(12-15)19(23-21-17)14-11-18(22-20-13-14)24-8-4-3-5-9-24/h6-7,11-13H,2-5,8-10H2,1H3,(H,21,23). The Morgan fingerprint density at radius 1 is 1.16 bits per heavy atom. The van der Waals surface area contributed by atoms with Gasteiger partial charge in [0.1, 0.15) is 11.4 Å². The zero-order chi connectivity index (χ0) is 17.1. The molecule has 1 aliphatic heterocycles. The van der Waals surface area contributed by atoms with E-state index in [1.165, 1.54) is 19.3 Å². The van der Waals surface area contributed by atoms with Gasteiger partial charge in [0.15, 0.2) is 5.82 Å². The molecule has 1 fully saturated rings. The minimum Gasteiger partial charge on any atom is -0.494 e. The Labute approximate surface area is 147 Å². The van der Waals surface area contributed by atoms with Crippen LogP contribution >= 0.6 is 0 Å². The normalized spacial score (nSPS) is 14.8. The van der Waals surface area contributed by atoms with E-state index in [1.54, 1.807) is 6.20 Å². The van der Waals surface area contributed by atoms with E-state index in [4.69, 9.17) is 4.74 Å². The summed E-state index contributed by atoms with van der Waals surface area (Å²) in [4.78, 5) is 2.31. The van der Waals surface area contributed by atoms with Crippen molar-refractivity contribution in [2.24, 2.45) is 0 Å². The van der Waals surface area contributed by atoms with Crippen LogP contribution in [0.4, 0.5) is 5.82 Å². The van der Waals surface area contributed by atoms with Crippen molar-refractivity contribution in [2.45, 2.75) is 32.6 Å². The van der Waals surface area contributed by atoms with E-state index in [0.717, 1.165) is 53.2 Å². The number of anilines is 1. The lowest BCUT2D eigenvalue weighted by atomic mass is 10.1. The molecule has 0 aliphatic carbocycles. The molecule has 1 aliphatic rings. The van der Waals surface area contributed by atoms with Gasteiger partial charge in [0.2, 0.25) is 0 Å². The van der Waals surface area contributed by atoms with Crippen molar-refractivity contribution in [1.29, 1.82) is 0 Å². The van der Waals surface area contributed by atoms with Gasteiger partial charge in [-0.3, -0.25) is 5.10 Å². The number of piperidine rings is 1. The van der Waals surface area contributed by atoms with Crippen molar-refractivity contribution in [3.8, 4) is 17.0 Å². The van der Waals surface area contributed by atoms with E-state index in [9.17, 15) is 0 Å². The van der Waals surface area contributed by atoms with Crippen molar-refractivity contribution in [1.82, 2.24) is 20.4 Å². The average Bonchev–Trinajstić information content (AvgIpc) is 3.10. The quantitative estimate of drug-likeness (QED) is 0.767. The highest BCUT2D eigenvalue weighted by Gasteiger charge is 2.15. The van der Waals surface area contributed by atoms with Crippen LogP contribution in [-0.2, 0) is 0 Å². The van der Waals surface area contributed by atoms with Crippen LogP contribution in [0.1, 0.15) is 32.6 Å². The predicted molar refractivity (Wildman–Crippen MR) is 99.0 cm³/mol. The highest BCUT2D eigenvalue weighted by Crippen LogP contribution is 2.30. The fraction of sp³-hybridized carbons (Fsp3) is 0.421. The highest BCUT2D eigenvalue weighted by atomic mass is 16.5. The Hall–Kier alpha value is -2.63. The van der Waals surface area contributed by atoms with Crippen LogP contribution in [-0.4, -0.2) is 40.1 Å². The molecular formula is C19H23N5O. The van der Waals surface area contributed by atoms with Gasteiger partial charge in [-0.2, -0.15) is 10.2 Å². The summed E-state index contributed by atoms with van der Waals surface area (Å²) in [5.74, 6) is 1.81. The molecule has 1 aromatic carbocycles. The first-order valence-electron chi connectivity index (χ1n) is 9.04. The molecule has 6 nitrogen and oxygen atoms in total. The molecule has 0 atom stereocenters. The van der Waals surface area contributed by atoms with Crippen molar-refractivity contribution in [2.75, 3.05) is 24.6 Å². The smallest absolute Gasteiger partial charge is 0.151 e. The second kappa shape index (κ2) is 7.09. The first-order valence-corrected chi connectivity index (χ1v) is 9.04. The zero-order valence-electron chi connectivity index (χ0n) is 14.5. The number of rotatable bonds is 5. The van der Waals surface area contributed by atoms with Gasteiger partial charge in [-0.05, 0) is 49.9 Å². The van der Waals surface area contributed by atoms with E-state index in [2.05, 4.69) is 38.3 Å². The van der Waals surface area contributed by atoms with Crippen molar-refractivity contribution in [3.63, 3.8) is 0 Å². The number of H-pyrrole nitrogens is 1. The summed E-state index contributed by atoms with van der Waals surface area (Å²) in [6.45, 7) is 4.92. The maximum absolute atomic E-state index is 5.76. The Balaban J connectivity index is 1.68. The number of aromatic nitrogens is 4. The molecule has 0 radical (unpaired) electrons. The molecule has 0 bridgehead atoms. The summed E-state index contributed by atoms with van der Waals surface area (Å²) in [6, 6.07) is 8.12. The molecule has 2 aromatic heterocycles. The van der Waals surface area contributed by atoms with Crippen molar-refractivity contribution >= 4 is 16.7 Å². The second-order valence-corrected chi connectivity index (χ2v) is 6.48. The topological polar surface area (TPSA) is 66.9 Å². The molecule has 1 N–H and O–H groups in total. The molecule has 1 saturated heterocycles. The Bertz CT molecular complexity index is 854. The monoisotopic (exact) mass is 337 g/mol. The third kappa shape index (κ3) is 3.29. The summed E-state index contributed by atoms with van der Waals surface area (Å²) < 4.78 is 5.76. The van der Waals surface area contributed by atoms with Gasteiger partial charge in [0.25, 0.3) is 0 Å². The summed E-state index contributed by atoms with van der Waals surface area (Å²) in [5.41, 5.74) is 2.87. The van der Waals surface area contributed by atoms with E-state index >= 15 is 0 Å². The Morgan fingerprint density at radius 2 is 2.04 bits per heavy atom. The lowest BCUT2D eigenvalue weighted by Crippen LogP contribution is -2.30. The molecule has 0 amide bonds. The number of aromatic amines is 1. The Kier molecular flexibility index (Phi) is 4.50. The molecule has 0 unspecified atom stereocenters. The maximum atomic E-state index is 5.76. The molecule has 0 saturated carbocycles. The number of fused-ring (bicyclic) bond motifs is 1. The molecule has 130 valence electrons. The van der Waals surface area contributed by atoms with Crippen LogP contribution < -0.4 is 9.64 Å². The van der Waals surface area contributed by atoms with Gasteiger partial charge in [0.05, 0.1) is 18.3 Å². The maximum Gasteiger partial charge on any atom is 0.151 e. The number of ether oxygens (including phenoxy) is 1. The van der Waals surface area contributed by atoms with Crippen molar-refractivity contribution in [3.05, 3.63) is 30.5 Å². The van der Waals surface area contributed by atoms with Gasteiger partial charge in [-0.1, -0.05) is 6.92 Å². The molecule has 3 aromatic rings. The SMILES string of the molecule is CCCOc1ccc2[nH]nc(-c3cnnc(N4CCCCC4)c3)c2c1. The van der Waals surface area contributed by atoms with Crippen LogP contribution in [0.15, 0.2) is 30.5 Å². The van der Waals surface area contributed by atoms with Crippen LogP contribution in [0.25, 0.3) is 22.2 Å². The summed E-state index contributed by atoms with van der Waals surface area (Å²) >= 11 is 0. The number of hydrogen-bond acceptors (Lipinski definition) is 5. The van der Waals surface area contributed by atoms with Gasteiger partial charge in [-0.25, -0.2) is 0 Å². The van der Waals surface area contributed by atoms with E-state index in [0.29, 0.717) is 6.61 Å². The van der Waals surface area contributed by atoms with Gasteiger partial charge in [-0.15, -0.1) is 5.10 Å². The number of benzene rings is 1. The summed E-state index contributed by atoms with van der Waals surface area (Å²) in [5, 5.41) is 17.2. The second-order valence-electron chi connectivity index (χ2n) is 6.48. The molecule has 6 heteroatoms. The van der Waals surface area contributed by atoms with E-state index in [1.807, 2.05) is 18.2 Å². The lowest BCUT2D eigenvalue weighted by molar-refractivity contribution is 0.318. The molecule has 4 rings (SSSR count). The fourth-order valence-corrected chi connectivity index (χ4v) is 3.29.